The Balaban J connectivity index is 1.65. The Kier molecular flexibility index (Phi) is 5.32. The van der Waals surface area contributed by atoms with Crippen LogP contribution in [0.1, 0.15) is 55.5 Å². The third-order valence-corrected chi connectivity index (χ3v) is 3.26. The highest BCUT2D eigenvalue weighted by Crippen LogP contribution is 2.20. The van der Waals surface area contributed by atoms with Gasteiger partial charge in [-0.15, -0.1) is 5.10 Å². The number of hydrogen-bond acceptors (Lipinski definition) is 4. The first-order valence-electron chi connectivity index (χ1n) is 7.10. The summed E-state index contributed by atoms with van der Waals surface area (Å²) in [4.78, 5) is 15.9. The Labute approximate surface area is 113 Å². The summed E-state index contributed by atoms with van der Waals surface area (Å²) in [6.45, 7) is 3.12. The van der Waals surface area contributed by atoms with Crippen LogP contribution in [0, 0.1) is 0 Å². The summed E-state index contributed by atoms with van der Waals surface area (Å²) in [5, 5.41) is 9.44. The monoisotopic (exact) mass is 266 g/mol. The Morgan fingerprint density at radius 1 is 1.47 bits per heavy atom. The van der Waals surface area contributed by atoms with Crippen molar-refractivity contribution in [1.82, 2.24) is 20.5 Å². The molecule has 0 atom stereocenters. The topological polar surface area (TPSA) is 79.9 Å². The second kappa shape index (κ2) is 7.23. The zero-order valence-electron chi connectivity index (χ0n) is 11.4. The summed E-state index contributed by atoms with van der Waals surface area (Å²) in [6.07, 6.45) is 6.99. The largest absolute Gasteiger partial charge is 0.376 e. The lowest BCUT2D eigenvalue weighted by Gasteiger charge is -2.10. The first-order valence-corrected chi connectivity index (χ1v) is 7.10. The third kappa shape index (κ3) is 4.31. The zero-order valence-corrected chi connectivity index (χ0v) is 11.4. The molecule has 6 heteroatoms. The van der Waals surface area contributed by atoms with Crippen molar-refractivity contribution >= 4 is 5.91 Å². The molecule has 1 aromatic heterocycles. The fraction of sp³-hybridized carbons (Fsp3) is 0.769. The molecule has 2 rings (SSSR count). The summed E-state index contributed by atoms with van der Waals surface area (Å²) >= 11 is 0. The second-order valence-corrected chi connectivity index (χ2v) is 4.89. The minimum absolute atomic E-state index is 0.212. The molecule has 2 N–H and O–H groups in total. The van der Waals surface area contributed by atoms with Crippen LogP contribution in [0.25, 0.3) is 0 Å². The number of nitrogens with zero attached hydrogens (tertiary/aromatic N) is 2. The van der Waals surface area contributed by atoms with E-state index in [1.165, 1.54) is 12.8 Å². The molecule has 1 fully saturated rings. The standard InChI is InChI=1S/C13H22N4O2/c1-2-5-11-15-12(17-16-11)13(18)14-8-9-19-10-6-3-4-7-10/h10H,2-9H2,1H3,(H,14,18)(H,15,16,17). The molecular formula is C13H22N4O2. The lowest BCUT2D eigenvalue weighted by molar-refractivity contribution is 0.0580. The molecule has 6 nitrogen and oxygen atoms in total. The predicted molar refractivity (Wildman–Crippen MR) is 70.9 cm³/mol. The zero-order chi connectivity index (χ0) is 13.5. The molecule has 1 amide bonds. The molecule has 0 unspecified atom stereocenters. The fourth-order valence-corrected chi connectivity index (χ4v) is 2.27. The second-order valence-electron chi connectivity index (χ2n) is 4.89. The van der Waals surface area contributed by atoms with Crippen LogP contribution < -0.4 is 5.32 Å². The first kappa shape index (κ1) is 14.0. The fourth-order valence-electron chi connectivity index (χ4n) is 2.27. The molecule has 0 bridgehead atoms. The minimum atomic E-state index is -0.242. The molecule has 0 radical (unpaired) electrons. The van der Waals surface area contributed by atoms with Crippen molar-refractivity contribution in [3.05, 3.63) is 11.6 Å². The van der Waals surface area contributed by atoms with E-state index < -0.39 is 0 Å². The van der Waals surface area contributed by atoms with E-state index in [9.17, 15) is 4.79 Å². The van der Waals surface area contributed by atoms with E-state index in [0.717, 1.165) is 31.5 Å². The van der Waals surface area contributed by atoms with Crippen molar-refractivity contribution < 1.29 is 9.53 Å². The summed E-state index contributed by atoms with van der Waals surface area (Å²) in [5.41, 5.74) is 0. The van der Waals surface area contributed by atoms with Gasteiger partial charge >= 0.3 is 0 Å². The lowest BCUT2D eigenvalue weighted by Crippen LogP contribution is -2.29. The van der Waals surface area contributed by atoms with Crippen LogP contribution in [-0.4, -0.2) is 40.3 Å². The lowest BCUT2D eigenvalue weighted by atomic mass is 10.3. The van der Waals surface area contributed by atoms with Gasteiger partial charge in [-0.3, -0.25) is 9.89 Å². The van der Waals surface area contributed by atoms with Crippen LogP contribution in [0.15, 0.2) is 0 Å². The van der Waals surface area contributed by atoms with Gasteiger partial charge in [-0.1, -0.05) is 19.8 Å². The van der Waals surface area contributed by atoms with Gasteiger partial charge in [0, 0.05) is 13.0 Å². The molecule has 1 heterocycles. The average Bonchev–Trinajstić information content (AvgIpc) is 3.06. The molecule has 0 saturated heterocycles. The van der Waals surface area contributed by atoms with Gasteiger partial charge in [0.2, 0.25) is 5.82 Å². The van der Waals surface area contributed by atoms with E-state index >= 15 is 0 Å². The van der Waals surface area contributed by atoms with Crippen LogP contribution in [-0.2, 0) is 11.2 Å². The maximum atomic E-state index is 11.7. The normalized spacial score (nSPS) is 15.8. The maximum absolute atomic E-state index is 11.7. The molecule has 0 aliphatic heterocycles. The van der Waals surface area contributed by atoms with Crippen LogP contribution >= 0.6 is 0 Å². The summed E-state index contributed by atoms with van der Waals surface area (Å²) in [7, 11) is 0. The highest BCUT2D eigenvalue weighted by molar-refractivity contribution is 5.90. The van der Waals surface area contributed by atoms with Crippen LogP contribution in [0.2, 0.25) is 0 Å². The molecule has 0 aromatic carbocycles. The molecule has 1 aliphatic rings. The van der Waals surface area contributed by atoms with Gasteiger partial charge in [-0.25, -0.2) is 4.98 Å². The summed E-state index contributed by atoms with van der Waals surface area (Å²) in [5.74, 6) is 0.729. The number of nitrogens with one attached hydrogen (secondary N) is 2. The predicted octanol–water partition coefficient (Wildman–Crippen LogP) is 1.45. The van der Waals surface area contributed by atoms with E-state index in [1.54, 1.807) is 0 Å². The number of amides is 1. The average molecular weight is 266 g/mol. The maximum Gasteiger partial charge on any atom is 0.291 e. The molecule has 106 valence electrons. The van der Waals surface area contributed by atoms with E-state index in [2.05, 4.69) is 27.4 Å². The molecule has 1 aromatic rings. The van der Waals surface area contributed by atoms with Crippen molar-refractivity contribution in [3.8, 4) is 0 Å². The first-order chi connectivity index (χ1) is 9.29. The third-order valence-electron chi connectivity index (χ3n) is 3.26. The Morgan fingerprint density at radius 2 is 2.26 bits per heavy atom. The van der Waals surface area contributed by atoms with Crippen molar-refractivity contribution in [2.45, 2.75) is 51.6 Å². The summed E-state index contributed by atoms with van der Waals surface area (Å²) < 4.78 is 5.67. The quantitative estimate of drug-likeness (QED) is 0.732. The number of rotatable bonds is 7. The number of aromatic amines is 1. The number of aromatic nitrogens is 3. The number of carbonyl (C=O) groups is 1. The Morgan fingerprint density at radius 3 is 3.00 bits per heavy atom. The van der Waals surface area contributed by atoms with Crippen molar-refractivity contribution in [3.63, 3.8) is 0 Å². The van der Waals surface area contributed by atoms with E-state index in [4.69, 9.17) is 4.74 Å². The van der Waals surface area contributed by atoms with Crippen molar-refractivity contribution in [1.29, 1.82) is 0 Å². The van der Waals surface area contributed by atoms with Gasteiger partial charge < -0.3 is 10.1 Å². The number of carbonyl (C=O) groups excluding carboxylic acids is 1. The van der Waals surface area contributed by atoms with Gasteiger partial charge in [0.05, 0.1) is 12.7 Å². The SMILES string of the molecule is CCCc1nc(C(=O)NCCOC2CCCC2)n[nH]1. The molecule has 1 aliphatic carbocycles. The summed E-state index contributed by atoms with van der Waals surface area (Å²) in [6, 6.07) is 0. The van der Waals surface area contributed by atoms with Crippen LogP contribution in [0.3, 0.4) is 0 Å². The smallest absolute Gasteiger partial charge is 0.291 e. The number of ether oxygens (including phenoxy) is 1. The van der Waals surface area contributed by atoms with Gasteiger partial charge in [0.25, 0.3) is 5.91 Å². The van der Waals surface area contributed by atoms with Gasteiger partial charge in [-0.2, -0.15) is 0 Å². The van der Waals surface area contributed by atoms with Crippen LogP contribution in [0.4, 0.5) is 0 Å². The number of hydrogen-bond donors (Lipinski definition) is 2. The van der Waals surface area contributed by atoms with Gasteiger partial charge in [-0.05, 0) is 19.3 Å². The van der Waals surface area contributed by atoms with Crippen molar-refractivity contribution in [2.75, 3.05) is 13.2 Å². The van der Waals surface area contributed by atoms with Gasteiger partial charge in [0.15, 0.2) is 0 Å². The van der Waals surface area contributed by atoms with Gasteiger partial charge in [0.1, 0.15) is 5.82 Å². The van der Waals surface area contributed by atoms with E-state index in [0.29, 0.717) is 19.3 Å². The van der Waals surface area contributed by atoms with Crippen LogP contribution in [0.5, 0.6) is 0 Å². The Bertz CT molecular complexity index is 399. The highest BCUT2D eigenvalue weighted by Gasteiger charge is 2.15. The number of aryl methyl sites for hydroxylation is 1. The molecular weight excluding hydrogens is 244 g/mol. The van der Waals surface area contributed by atoms with E-state index in [-0.39, 0.29) is 11.7 Å². The molecule has 19 heavy (non-hydrogen) atoms. The van der Waals surface area contributed by atoms with E-state index in [1.807, 2.05) is 0 Å². The van der Waals surface area contributed by atoms with Crippen molar-refractivity contribution in [2.24, 2.45) is 0 Å². The highest BCUT2D eigenvalue weighted by atomic mass is 16.5. The molecule has 0 spiro atoms. The minimum Gasteiger partial charge on any atom is -0.376 e. The molecule has 1 saturated carbocycles. The Hall–Kier alpha value is -1.43. The number of H-pyrrole nitrogens is 1.